The summed E-state index contributed by atoms with van der Waals surface area (Å²) in [6, 6.07) is 17.5. The van der Waals surface area contributed by atoms with Crippen molar-refractivity contribution in [1.29, 1.82) is 5.26 Å². The molecule has 0 amide bonds. The topological polar surface area (TPSA) is 102 Å². The Balaban J connectivity index is 1.97. The number of rotatable bonds is 5. The lowest BCUT2D eigenvalue weighted by atomic mass is 10.2. The van der Waals surface area contributed by atoms with E-state index < -0.39 is 26.1 Å². The molecule has 0 spiro atoms. The highest BCUT2D eigenvalue weighted by Gasteiger charge is 2.23. The zero-order valence-corrected chi connectivity index (χ0v) is 18.1. The molecular weight excluding hydrogens is 445 g/mol. The summed E-state index contributed by atoms with van der Waals surface area (Å²) in [6.07, 6.45) is 2.43. The quantitative estimate of drug-likeness (QED) is 0.411. The van der Waals surface area contributed by atoms with E-state index in [2.05, 4.69) is 4.98 Å². The summed E-state index contributed by atoms with van der Waals surface area (Å²) in [4.78, 5) is 16.9. The van der Waals surface area contributed by atoms with Crippen LogP contribution < -0.4 is 10.3 Å². The second-order valence-corrected chi connectivity index (χ2v) is 8.93. The fourth-order valence-electron chi connectivity index (χ4n) is 3.14. The van der Waals surface area contributed by atoms with Crippen LogP contribution in [0, 0.1) is 24.1 Å². The zero-order valence-electron chi connectivity index (χ0n) is 17.3. The number of ether oxygens (including phenoxy) is 1. The highest BCUT2D eigenvalue weighted by Crippen LogP contribution is 2.27. The lowest BCUT2D eigenvalue weighted by Crippen LogP contribution is -2.20. The first-order chi connectivity index (χ1) is 15.8. The van der Waals surface area contributed by atoms with E-state index in [9.17, 15) is 22.9 Å². The summed E-state index contributed by atoms with van der Waals surface area (Å²) in [5.41, 5.74) is 0.1000. The van der Waals surface area contributed by atoms with Gasteiger partial charge in [0.05, 0.1) is 4.90 Å². The van der Waals surface area contributed by atoms with Gasteiger partial charge in [0.1, 0.15) is 33.8 Å². The summed E-state index contributed by atoms with van der Waals surface area (Å²) in [5, 5.41) is 9.63. The van der Waals surface area contributed by atoms with E-state index in [1.54, 1.807) is 31.2 Å². The number of fused-ring (bicyclic) bond motifs is 1. The Bertz CT molecular complexity index is 1590. The van der Waals surface area contributed by atoms with Gasteiger partial charge in [0.25, 0.3) is 5.56 Å². The summed E-state index contributed by atoms with van der Waals surface area (Å²) in [5.74, 6) is -0.511. The molecule has 2 aromatic heterocycles. The third kappa shape index (κ3) is 4.24. The van der Waals surface area contributed by atoms with Crippen molar-refractivity contribution in [3.8, 4) is 17.7 Å². The molecule has 0 aliphatic rings. The Hall–Kier alpha value is -4.29. The van der Waals surface area contributed by atoms with E-state index in [-0.39, 0.29) is 22.1 Å². The van der Waals surface area contributed by atoms with Crippen molar-refractivity contribution in [2.24, 2.45) is 0 Å². The van der Waals surface area contributed by atoms with E-state index in [1.165, 1.54) is 59.1 Å². The minimum atomic E-state index is -4.20. The summed E-state index contributed by atoms with van der Waals surface area (Å²) in [7, 11) is -4.20. The molecule has 0 unspecified atom stereocenters. The SMILES string of the molecule is Cc1cccn2c(=O)c(C=C(C#N)S(=O)(=O)c3ccccc3)c(Oc3ccc(F)cc3)nc12. The second kappa shape index (κ2) is 8.68. The van der Waals surface area contributed by atoms with Crippen LogP contribution in [-0.2, 0) is 9.84 Å². The van der Waals surface area contributed by atoms with Crippen LogP contribution in [0.2, 0.25) is 0 Å². The number of benzene rings is 2. The molecule has 0 saturated carbocycles. The van der Waals surface area contributed by atoms with Crippen molar-refractivity contribution < 1.29 is 17.5 Å². The maximum absolute atomic E-state index is 13.3. The van der Waals surface area contributed by atoms with Crippen LogP contribution in [0.1, 0.15) is 11.1 Å². The molecule has 0 aliphatic carbocycles. The maximum Gasteiger partial charge on any atom is 0.269 e. The molecule has 4 rings (SSSR count). The van der Waals surface area contributed by atoms with Crippen LogP contribution >= 0.6 is 0 Å². The summed E-state index contributed by atoms with van der Waals surface area (Å²) in [6.45, 7) is 1.75. The van der Waals surface area contributed by atoms with Crippen LogP contribution in [0.5, 0.6) is 11.6 Å². The summed E-state index contributed by atoms with van der Waals surface area (Å²) >= 11 is 0. The van der Waals surface area contributed by atoms with E-state index >= 15 is 0 Å². The van der Waals surface area contributed by atoms with Gasteiger partial charge in [-0.2, -0.15) is 10.2 Å². The predicted octanol–water partition coefficient (Wildman–Crippen LogP) is 4.27. The largest absolute Gasteiger partial charge is 0.438 e. The molecule has 9 heteroatoms. The lowest BCUT2D eigenvalue weighted by Gasteiger charge is -2.11. The Morgan fingerprint density at radius 1 is 1.09 bits per heavy atom. The third-order valence-corrected chi connectivity index (χ3v) is 6.49. The molecular formula is C24H16FN3O4S. The Kier molecular flexibility index (Phi) is 5.77. The van der Waals surface area contributed by atoms with Crippen molar-refractivity contribution >= 4 is 21.6 Å². The van der Waals surface area contributed by atoms with Gasteiger partial charge in [0.15, 0.2) is 0 Å². The number of aryl methyl sites for hydroxylation is 1. The smallest absolute Gasteiger partial charge is 0.269 e. The molecule has 4 aromatic rings. The number of aromatic nitrogens is 2. The predicted molar refractivity (Wildman–Crippen MR) is 120 cm³/mol. The first kappa shape index (κ1) is 21.9. The average molecular weight is 461 g/mol. The van der Waals surface area contributed by atoms with Crippen LogP contribution in [-0.4, -0.2) is 17.8 Å². The van der Waals surface area contributed by atoms with E-state index in [4.69, 9.17) is 4.74 Å². The van der Waals surface area contributed by atoms with Gasteiger partial charge >= 0.3 is 0 Å². The van der Waals surface area contributed by atoms with Gasteiger partial charge in [-0.05, 0) is 61.0 Å². The number of nitrogens with zero attached hydrogens (tertiary/aromatic N) is 3. The minimum Gasteiger partial charge on any atom is -0.438 e. The van der Waals surface area contributed by atoms with Crippen LogP contribution in [0.25, 0.3) is 11.7 Å². The first-order valence-electron chi connectivity index (χ1n) is 9.68. The van der Waals surface area contributed by atoms with Gasteiger partial charge < -0.3 is 4.74 Å². The van der Waals surface area contributed by atoms with Crippen molar-refractivity contribution in [1.82, 2.24) is 9.38 Å². The lowest BCUT2D eigenvalue weighted by molar-refractivity contribution is 0.459. The maximum atomic E-state index is 13.3. The van der Waals surface area contributed by atoms with Crippen molar-refractivity contribution in [3.63, 3.8) is 0 Å². The molecule has 0 aliphatic heterocycles. The number of pyridine rings is 1. The third-order valence-electron chi connectivity index (χ3n) is 4.81. The van der Waals surface area contributed by atoms with Gasteiger partial charge in [-0.25, -0.2) is 12.8 Å². The Morgan fingerprint density at radius 3 is 2.45 bits per heavy atom. The molecule has 2 heterocycles. The Labute approximate surface area is 188 Å². The first-order valence-corrected chi connectivity index (χ1v) is 11.2. The van der Waals surface area contributed by atoms with Gasteiger partial charge in [0.2, 0.25) is 15.7 Å². The van der Waals surface area contributed by atoms with Gasteiger partial charge in [-0.3, -0.25) is 9.20 Å². The molecule has 164 valence electrons. The molecule has 2 aromatic carbocycles. The summed E-state index contributed by atoms with van der Waals surface area (Å²) < 4.78 is 46.3. The van der Waals surface area contributed by atoms with E-state index in [0.29, 0.717) is 11.2 Å². The highest BCUT2D eigenvalue weighted by atomic mass is 32.2. The fourth-order valence-corrected chi connectivity index (χ4v) is 4.30. The molecule has 0 radical (unpaired) electrons. The molecule has 0 fully saturated rings. The van der Waals surface area contributed by atoms with Crippen molar-refractivity contribution in [2.75, 3.05) is 0 Å². The van der Waals surface area contributed by atoms with Crippen LogP contribution in [0.3, 0.4) is 0 Å². The van der Waals surface area contributed by atoms with Gasteiger partial charge in [-0.1, -0.05) is 24.3 Å². The average Bonchev–Trinajstić information content (AvgIpc) is 2.81. The number of sulfone groups is 1. The number of allylic oxidation sites excluding steroid dienone is 1. The molecule has 0 saturated heterocycles. The number of hydrogen-bond acceptors (Lipinski definition) is 6. The highest BCUT2D eigenvalue weighted by molar-refractivity contribution is 7.95. The molecule has 0 atom stereocenters. The van der Waals surface area contributed by atoms with Crippen LogP contribution in [0.15, 0.2) is 87.5 Å². The van der Waals surface area contributed by atoms with Gasteiger partial charge in [0, 0.05) is 6.20 Å². The fraction of sp³-hybridized carbons (Fsp3) is 0.0417. The number of hydrogen-bond donors (Lipinski definition) is 0. The van der Waals surface area contributed by atoms with E-state index in [0.717, 1.165) is 6.08 Å². The minimum absolute atomic E-state index is 0.0940. The van der Waals surface area contributed by atoms with Crippen LogP contribution in [0.4, 0.5) is 4.39 Å². The van der Waals surface area contributed by atoms with Crippen molar-refractivity contribution in [3.05, 3.63) is 105 Å². The van der Waals surface area contributed by atoms with Gasteiger partial charge in [-0.15, -0.1) is 0 Å². The second-order valence-electron chi connectivity index (χ2n) is 7.01. The molecule has 7 nitrogen and oxygen atoms in total. The monoisotopic (exact) mass is 461 g/mol. The normalized spacial score (nSPS) is 11.8. The molecule has 0 N–H and O–H groups in total. The standard InChI is InChI=1S/C24H16FN3O4S/c1-16-6-5-13-28-22(16)27-23(32-18-11-9-17(25)10-12-18)21(24(28)29)14-20(15-26)33(30,31)19-7-3-2-4-8-19/h2-14H,1H3. The zero-order chi connectivity index (χ0) is 23.6. The Morgan fingerprint density at radius 2 is 1.79 bits per heavy atom. The number of halogens is 1. The van der Waals surface area contributed by atoms with Crippen molar-refractivity contribution in [2.45, 2.75) is 11.8 Å². The number of nitriles is 1. The molecule has 33 heavy (non-hydrogen) atoms. The van der Waals surface area contributed by atoms with E-state index in [1.807, 2.05) is 0 Å². The molecule has 0 bridgehead atoms.